The number of hydrogen-bond acceptors (Lipinski definition) is 4. The number of aliphatic hydroxyl groups is 1. The molecule has 4 nitrogen and oxygen atoms in total. The van der Waals surface area contributed by atoms with E-state index in [2.05, 4.69) is 27.2 Å². The molecule has 3 rings (SSSR count). The lowest BCUT2D eigenvalue weighted by Gasteiger charge is -2.28. The number of rotatable bonds is 4. The molecule has 2 aromatic carbocycles. The second kappa shape index (κ2) is 6.44. The summed E-state index contributed by atoms with van der Waals surface area (Å²) in [6.45, 7) is 2.70. The molecule has 1 N–H and O–H groups in total. The SMILES string of the molecule is C=COC(=O)COc1cc(Br)c2c(c1)C(O)(C(F)(F)F)c1ccccc1-2. The van der Waals surface area contributed by atoms with Crippen LogP contribution in [0, 0.1) is 0 Å². The Morgan fingerprint density at radius 2 is 1.96 bits per heavy atom. The highest BCUT2D eigenvalue weighted by molar-refractivity contribution is 9.10. The molecule has 0 heterocycles. The lowest BCUT2D eigenvalue weighted by atomic mass is 9.90. The molecule has 2 aromatic rings. The van der Waals surface area contributed by atoms with Gasteiger partial charge in [-0.1, -0.05) is 46.8 Å². The van der Waals surface area contributed by atoms with Gasteiger partial charge in [-0.05, 0) is 17.7 Å². The molecule has 0 saturated heterocycles. The molecule has 136 valence electrons. The Hall–Kier alpha value is -2.32. The summed E-state index contributed by atoms with van der Waals surface area (Å²) in [5.41, 5.74) is -3.31. The zero-order valence-corrected chi connectivity index (χ0v) is 14.7. The molecule has 0 saturated carbocycles. The number of halogens is 4. The van der Waals surface area contributed by atoms with Crippen molar-refractivity contribution in [1.29, 1.82) is 0 Å². The van der Waals surface area contributed by atoms with Crippen LogP contribution in [0.25, 0.3) is 11.1 Å². The molecular weight excluding hydrogens is 417 g/mol. The van der Waals surface area contributed by atoms with Gasteiger partial charge in [-0.25, -0.2) is 4.79 Å². The maximum atomic E-state index is 13.8. The van der Waals surface area contributed by atoms with Gasteiger partial charge in [-0.15, -0.1) is 0 Å². The molecule has 8 heteroatoms. The molecule has 0 aromatic heterocycles. The number of alkyl halides is 3. The van der Waals surface area contributed by atoms with Gasteiger partial charge in [-0.3, -0.25) is 0 Å². The fourth-order valence-corrected chi connectivity index (χ4v) is 3.61. The summed E-state index contributed by atoms with van der Waals surface area (Å²) in [5.74, 6) is -0.780. The van der Waals surface area contributed by atoms with Crippen molar-refractivity contribution in [3.05, 3.63) is 64.8 Å². The summed E-state index contributed by atoms with van der Waals surface area (Å²) in [7, 11) is 0. The summed E-state index contributed by atoms with van der Waals surface area (Å²) in [6.07, 6.45) is -4.03. The van der Waals surface area contributed by atoms with Crippen LogP contribution in [0.3, 0.4) is 0 Å². The Labute approximate surface area is 155 Å². The van der Waals surface area contributed by atoms with Crippen LogP contribution in [0.5, 0.6) is 5.75 Å². The van der Waals surface area contributed by atoms with Crippen LogP contribution in [-0.2, 0) is 15.1 Å². The van der Waals surface area contributed by atoms with E-state index < -0.39 is 24.4 Å². The minimum Gasteiger partial charge on any atom is -0.482 e. The highest BCUT2D eigenvalue weighted by Gasteiger charge is 2.61. The van der Waals surface area contributed by atoms with E-state index in [-0.39, 0.29) is 28.0 Å². The number of hydrogen-bond donors (Lipinski definition) is 1. The van der Waals surface area contributed by atoms with Crippen molar-refractivity contribution in [3.63, 3.8) is 0 Å². The fourth-order valence-electron chi connectivity index (χ4n) is 2.96. The van der Waals surface area contributed by atoms with Crippen molar-refractivity contribution in [3.8, 4) is 16.9 Å². The van der Waals surface area contributed by atoms with E-state index in [1.54, 1.807) is 6.07 Å². The molecule has 1 unspecified atom stereocenters. The van der Waals surface area contributed by atoms with Gasteiger partial charge >= 0.3 is 12.1 Å². The quantitative estimate of drug-likeness (QED) is 0.582. The Bertz CT molecular complexity index is 894. The molecule has 0 radical (unpaired) electrons. The minimum absolute atomic E-state index is 0.0212. The van der Waals surface area contributed by atoms with Crippen molar-refractivity contribution < 1.29 is 32.5 Å². The number of esters is 1. The topological polar surface area (TPSA) is 55.8 Å². The Morgan fingerprint density at radius 1 is 1.27 bits per heavy atom. The fraction of sp³-hybridized carbons (Fsp3) is 0.167. The Balaban J connectivity index is 2.11. The average molecular weight is 429 g/mol. The lowest BCUT2D eigenvalue weighted by molar-refractivity contribution is -0.246. The summed E-state index contributed by atoms with van der Waals surface area (Å²) in [4.78, 5) is 11.3. The van der Waals surface area contributed by atoms with Crippen molar-refractivity contribution in [2.45, 2.75) is 11.8 Å². The van der Waals surface area contributed by atoms with Gasteiger partial charge in [-0.2, -0.15) is 13.2 Å². The predicted molar refractivity (Wildman–Crippen MR) is 90.4 cm³/mol. The number of benzene rings is 2. The van der Waals surface area contributed by atoms with E-state index in [1.807, 2.05) is 0 Å². The first kappa shape index (κ1) is 18.5. The number of carbonyl (C=O) groups is 1. The van der Waals surface area contributed by atoms with Crippen LogP contribution < -0.4 is 4.74 Å². The smallest absolute Gasteiger partial charge is 0.425 e. The first-order valence-electron chi connectivity index (χ1n) is 7.36. The zero-order chi connectivity index (χ0) is 19.1. The van der Waals surface area contributed by atoms with Crippen LogP contribution in [0.2, 0.25) is 0 Å². The first-order chi connectivity index (χ1) is 12.2. The van der Waals surface area contributed by atoms with Crippen molar-refractivity contribution >= 4 is 21.9 Å². The van der Waals surface area contributed by atoms with Crippen molar-refractivity contribution in [1.82, 2.24) is 0 Å². The monoisotopic (exact) mass is 428 g/mol. The van der Waals surface area contributed by atoms with Gasteiger partial charge in [0.05, 0.1) is 6.26 Å². The zero-order valence-electron chi connectivity index (χ0n) is 13.1. The third-order valence-corrected chi connectivity index (χ3v) is 4.65. The number of carbonyl (C=O) groups excluding carboxylic acids is 1. The minimum atomic E-state index is -4.95. The van der Waals surface area contributed by atoms with Gasteiger partial charge in [0, 0.05) is 21.2 Å². The molecule has 1 aliphatic carbocycles. The highest BCUT2D eigenvalue weighted by atomic mass is 79.9. The van der Waals surface area contributed by atoms with Crippen molar-refractivity contribution in [2.24, 2.45) is 0 Å². The molecule has 1 aliphatic rings. The van der Waals surface area contributed by atoms with Crippen LogP contribution in [0.1, 0.15) is 11.1 Å². The first-order valence-corrected chi connectivity index (χ1v) is 8.15. The standard InChI is InChI=1S/C18H12BrF3O4/c1-2-25-15(23)9-26-10-7-13-16(14(19)8-10)11-5-3-4-6-12(11)17(13,24)18(20,21)22/h2-8,24H,1,9H2. The number of fused-ring (bicyclic) bond motifs is 3. The molecule has 0 aliphatic heterocycles. The normalized spacial score (nSPS) is 18.0. The molecule has 0 spiro atoms. The lowest BCUT2D eigenvalue weighted by Crippen LogP contribution is -2.41. The second-order valence-electron chi connectivity index (χ2n) is 5.53. The predicted octanol–water partition coefficient (Wildman–Crippen LogP) is 4.29. The van der Waals surface area contributed by atoms with Crippen LogP contribution in [0.4, 0.5) is 13.2 Å². The largest absolute Gasteiger partial charge is 0.482 e. The van der Waals surface area contributed by atoms with E-state index in [4.69, 9.17) is 4.74 Å². The Kier molecular flexibility index (Phi) is 4.58. The van der Waals surface area contributed by atoms with Crippen LogP contribution in [-0.4, -0.2) is 23.9 Å². The second-order valence-corrected chi connectivity index (χ2v) is 6.38. The summed E-state index contributed by atoms with van der Waals surface area (Å²) >= 11 is 3.23. The maximum Gasteiger partial charge on any atom is 0.425 e. The van der Waals surface area contributed by atoms with Gasteiger partial charge in [0.15, 0.2) is 6.61 Å². The van der Waals surface area contributed by atoms with Gasteiger partial charge < -0.3 is 14.6 Å². The third kappa shape index (κ3) is 2.79. The van der Waals surface area contributed by atoms with Gasteiger partial charge in [0.25, 0.3) is 0 Å². The molecule has 0 fully saturated rings. The average Bonchev–Trinajstić information content (AvgIpc) is 2.84. The van der Waals surface area contributed by atoms with E-state index in [9.17, 15) is 23.1 Å². The molecule has 26 heavy (non-hydrogen) atoms. The molecule has 0 bridgehead atoms. The van der Waals surface area contributed by atoms with E-state index in [1.165, 1.54) is 24.3 Å². The Morgan fingerprint density at radius 3 is 2.62 bits per heavy atom. The van der Waals surface area contributed by atoms with Crippen molar-refractivity contribution in [2.75, 3.05) is 6.61 Å². The summed E-state index contributed by atoms with van der Waals surface area (Å²) < 4.78 is 51.4. The van der Waals surface area contributed by atoms with E-state index >= 15 is 0 Å². The molecule has 1 atom stereocenters. The number of ether oxygens (including phenoxy) is 2. The molecular formula is C18H12BrF3O4. The van der Waals surface area contributed by atoms with Gasteiger partial charge in [0.2, 0.25) is 5.60 Å². The maximum absolute atomic E-state index is 13.8. The van der Waals surface area contributed by atoms with Crippen LogP contribution in [0.15, 0.2) is 53.7 Å². The third-order valence-electron chi connectivity index (χ3n) is 4.02. The molecule has 0 amide bonds. The van der Waals surface area contributed by atoms with Gasteiger partial charge in [0.1, 0.15) is 5.75 Å². The summed E-state index contributed by atoms with van der Waals surface area (Å²) in [6, 6.07) is 8.26. The highest BCUT2D eigenvalue weighted by Crippen LogP contribution is 2.57. The van der Waals surface area contributed by atoms with E-state index in [0.717, 1.165) is 12.3 Å². The van der Waals surface area contributed by atoms with Crippen LogP contribution >= 0.6 is 15.9 Å². The summed E-state index contributed by atoms with van der Waals surface area (Å²) in [5, 5.41) is 10.6. The van der Waals surface area contributed by atoms with E-state index in [0.29, 0.717) is 4.47 Å².